The highest BCUT2D eigenvalue weighted by Crippen LogP contribution is 2.26. The van der Waals surface area contributed by atoms with Crippen LogP contribution in [0.25, 0.3) is 0 Å². The summed E-state index contributed by atoms with van der Waals surface area (Å²) in [5, 5.41) is 0.566. The third-order valence-electron chi connectivity index (χ3n) is 3.34. The minimum Gasteiger partial charge on any atom is -0.341 e. The van der Waals surface area contributed by atoms with Crippen molar-refractivity contribution in [2.75, 3.05) is 18.0 Å². The molecule has 0 bridgehead atoms. The lowest BCUT2D eigenvalue weighted by atomic mass is 9.96. The number of piperidine rings is 1. The second-order valence-electron chi connectivity index (χ2n) is 4.57. The maximum atomic E-state index is 5.79. The SMILES string of the molecule is Clc1cnc(N2CCC(c3ncccn3)CC2)nc1. The average molecular weight is 276 g/mol. The van der Waals surface area contributed by atoms with Crippen LogP contribution in [0.15, 0.2) is 30.9 Å². The number of halogens is 1. The zero-order valence-corrected chi connectivity index (χ0v) is 11.2. The van der Waals surface area contributed by atoms with Gasteiger partial charge in [-0.25, -0.2) is 19.9 Å². The van der Waals surface area contributed by atoms with Crippen molar-refractivity contribution in [2.24, 2.45) is 0 Å². The van der Waals surface area contributed by atoms with Gasteiger partial charge in [-0.05, 0) is 18.9 Å². The minimum absolute atomic E-state index is 0.435. The first-order valence-corrected chi connectivity index (χ1v) is 6.70. The van der Waals surface area contributed by atoms with Gasteiger partial charge >= 0.3 is 0 Å². The Kier molecular flexibility index (Phi) is 3.55. The van der Waals surface area contributed by atoms with Gasteiger partial charge in [0.15, 0.2) is 0 Å². The maximum Gasteiger partial charge on any atom is 0.225 e. The molecule has 98 valence electrons. The number of anilines is 1. The molecule has 0 aliphatic carbocycles. The van der Waals surface area contributed by atoms with Crippen LogP contribution in [-0.4, -0.2) is 33.0 Å². The van der Waals surface area contributed by atoms with E-state index >= 15 is 0 Å². The molecular weight excluding hydrogens is 262 g/mol. The van der Waals surface area contributed by atoms with Crippen LogP contribution in [0, 0.1) is 0 Å². The summed E-state index contributed by atoms with van der Waals surface area (Å²) in [4.78, 5) is 19.3. The number of hydrogen-bond acceptors (Lipinski definition) is 5. The standard InChI is InChI=1S/C13H14ClN5/c14-11-8-17-13(18-9-11)19-6-2-10(3-7-19)12-15-4-1-5-16-12/h1,4-5,8-10H,2-3,6-7H2. The lowest BCUT2D eigenvalue weighted by molar-refractivity contribution is 0.480. The largest absolute Gasteiger partial charge is 0.341 e. The Bertz CT molecular complexity index is 522. The number of aromatic nitrogens is 4. The molecule has 2 aromatic heterocycles. The molecule has 5 nitrogen and oxygen atoms in total. The molecule has 0 unspecified atom stereocenters. The zero-order valence-electron chi connectivity index (χ0n) is 10.4. The highest BCUT2D eigenvalue weighted by Gasteiger charge is 2.23. The Morgan fingerprint density at radius 3 is 2.26 bits per heavy atom. The smallest absolute Gasteiger partial charge is 0.225 e. The van der Waals surface area contributed by atoms with E-state index in [-0.39, 0.29) is 0 Å². The van der Waals surface area contributed by atoms with Crippen LogP contribution in [0.2, 0.25) is 5.02 Å². The van der Waals surface area contributed by atoms with E-state index in [1.807, 2.05) is 6.07 Å². The highest BCUT2D eigenvalue weighted by molar-refractivity contribution is 6.30. The van der Waals surface area contributed by atoms with Gasteiger partial charge in [0.25, 0.3) is 0 Å². The molecule has 2 aromatic rings. The molecule has 3 heterocycles. The molecule has 1 fully saturated rings. The summed E-state index contributed by atoms with van der Waals surface area (Å²) in [6.07, 6.45) is 8.92. The van der Waals surface area contributed by atoms with E-state index in [9.17, 15) is 0 Å². The van der Waals surface area contributed by atoms with Crippen molar-refractivity contribution in [3.63, 3.8) is 0 Å². The molecule has 0 atom stereocenters. The molecular formula is C13H14ClN5. The van der Waals surface area contributed by atoms with Crippen molar-refractivity contribution in [3.8, 4) is 0 Å². The Hall–Kier alpha value is -1.75. The second-order valence-corrected chi connectivity index (χ2v) is 5.01. The summed E-state index contributed by atoms with van der Waals surface area (Å²) in [7, 11) is 0. The van der Waals surface area contributed by atoms with Gasteiger partial charge < -0.3 is 4.90 Å². The summed E-state index contributed by atoms with van der Waals surface area (Å²) < 4.78 is 0. The van der Waals surface area contributed by atoms with Gasteiger partial charge in [0.05, 0.1) is 17.4 Å². The van der Waals surface area contributed by atoms with Crippen LogP contribution in [0.1, 0.15) is 24.6 Å². The van der Waals surface area contributed by atoms with Gasteiger partial charge in [-0.3, -0.25) is 0 Å². The van der Waals surface area contributed by atoms with Crippen LogP contribution in [-0.2, 0) is 0 Å². The first-order chi connectivity index (χ1) is 9.33. The van der Waals surface area contributed by atoms with E-state index < -0.39 is 0 Å². The number of hydrogen-bond donors (Lipinski definition) is 0. The zero-order chi connectivity index (χ0) is 13.1. The van der Waals surface area contributed by atoms with Crippen LogP contribution >= 0.6 is 11.6 Å². The van der Waals surface area contributed by atoms with Crippen molar-refractivity contribution in [3.05, 3.63) is 41.7 Å². The van der Waals surface area contributed by atoms with Gasteiger partial charge in [0.2, 0.25) is 5.95 Å². The van der Waals surface area contributed by atoms with Gasteiger partial charge in [0, 0.05) is 31.4 Å². The van der Waals surface area contributed by atoms with Crippen LogP contribution < -0.4 is 4.90 Å². The van der Waals surface area contributed by atoms with Crippen molar-refractivity contribution >= 4 is 17.5 Å². The van der Waals surface area contributed by atoms with Crippen molar-refractivity contribution < 1.29 is 0 Å². The first kappa shape index (κ1) is 12.3. The normalized spacial score (nSPS) is 16.6. The molecule has 3 rings (SSSR count). The summed E-state index contributed by atoms with van der Waals surface area (Å²) in [6.45, 7) is 1.84. The predicted molar refractivity (Wildman–Crippen MR) is 73.3 cm³/mol. The predicted octanol–water partition coefficient (Wildman–Crippen LogP) is 2.30. The van der Waals surface area contributed by atoms with E-state index in [0.717, 1.165) is 37.7 Å². The maximum absolute atomic E-state index is 5.79. The topological polar surface area (TPSA) is 54.8 Å². The average Bonchev–Trinajstić information content (AvgIpc) is 2.49. The molecule has 0 spiro atoms. The van der Waals surface area contributed by atoms with Gasteiger partial charge in [0.1, 0.15) is 5.82 Å². The highest BCUT2D eigenvalue weighted by atomic mass is 35.5. The fourth-order valence-corrected chi connectivity index (χ4v) is 2.43. The van der Waals surface area contributed by atoms with Crippen molar-refractivity contribution in [1.29, 1.82) is 0 Å². The monoisotopic (exact) mass is 275 g/mol. The molecule has 19 heavy (non-hydrogen) atoms. The van der Waals surface area contributed by atoms with E-state index in [4.69, 9.17) is 11.6 Å². The Labute approximate surface area is 116 Å². The molecule has 0 saturated carbocycles. The molecule has 0 N–H and O–H groups in total. The van der Waals surface area contributed by atoms with Gasteiger partial charge in [-0.15, -0.1) is 0 Å². The third kappa shape index (κ3) is 2.81. The summed E-state index contributed by atoms with van der Waals surface area (Å²) in [6, 6.07) is 1.85. The molecule has 1 aliphatic heterocycles. The summed E-state index contributed by atoms with van der Waals surface area (Å²) >= 11 is 5.79. The van der Waals surface area contributed by atoms with Gasteiger partial charge in [-0.2, -0.15) is 0 Å². The number of nitrogens with zero attached hydrogens (tertiary/aromatic N) is 5. The fraction of sp³-hybridized carbons (Fsp3) is 0.385. The van der Waals surface area contributed by atoms with E-state index in [1.165, 1.54) is 0 Å². The Balaban J connectivity index is 1.65. The molecule has 1 saturated heterocycles. The molecule has 0 radical (unpaired) electrons. The Morgan fingerprint density at radius 1 is 1.00 bits per heavy atom. The third-order valence-corrected chi connectivity index (χ3v) is 3.53. The van der Waals surface area contributed by atoms with Crippen LogP contribution in [0.5, 0.6) is 0 Å². The van der Waals surface area contributed by atoms with E-state index in [1.54, 1.807) is 24.8 Å². The summed E-state index contributed by atoms with van der Waals surface area (Å²) in [5.74, 6) is 2.13. The number of rotatable bonds is 2. The lowest BCUT2D eigenvalue weighted by Crippen LogP contribution is -2.34. The lowest BCUT2D eigenvalue weighted by Gasteiger charge is -2.31. The van der Waals surface area contributed by atoms with E-state index in [2.05, 4.69) is 24.8 Å². The van der Waals surface area contributed by atoms with Gasteiger partial charge in [-0.1, -0.05) is 11.6 Å². The molecule has 1 aliphatic rings. The second kappa shape index (κ2) is 5.48. The Morgan fingerprint density at radius 2 is 1.63 bits per heavy atom. The fourth-order valence-electron chi connectivity index (χ4n) is 2.33. The summed E-state index contributed by atoms with van der Waals surface area (Å²) in [5.41, 5.74) is 0. The first-order valence-electron chi connectivity index (χ1n) is 6.32. The minimum atomic E-state index is 0.435. The molecule has 6 heteroatoms. The van der Waals surface area contributed by atoms with Crippen LogP contribution in [0.3, 0.4) is 0 Å². The van der Waals surface area contributed by atoms with Crippen molar-refractivity contribution in [1.82, 2.24) is 19.9 Å². The van der Waals surface area contributed by atoms with E-state index in [0.29, 0.717) is 10.9 Å². The quantitative estimate of drug-likeness (QED) is 0.842. The molecule has 0 aromatic carbocycles. The van der Waals surface area contributed by atoms with Crippen LogP contribution in [0.4, 0.5) is 5.95 Å². The van der Waals surface area contributed by atoms with Crippen molar-refractivity contribution in [2.45, 2.75) is 18.8 Å². The molecule has 0 amide bonds.